The molecule has 1 saturated heterocycles. The standard InChI is InChI=1S/C22H35N3O4S/c1-16(2)24-30(28,29)15-18-10-8-17(9-11-18)13-23-20(26)19-7-6-12-25(14-19)21(27)22(3,4)5/h8-11,16,19,24H,6-7,12-15H2,1-5H3,(H,23,26). The monoisotopic (exact) mass is 437 g/mol. The SMILES string of the molecule is CC(C)NS(=O)(=O)Cc1ccc(CNC(=O)C2CCCN(C(=O)C(C)(C)C)C2)cc1. The normalized spacial score (nSPS) is 17.8. The van der Waals surface area contributed by atoms with Gasteiger partial charge in [-0.05, 0) is 37.8 Å². The van der Waals surface area contributed by atoms with Gasteiger partial charge in [-0.1, -0.05) is 45.0 Å². The van der Waals surface area contributed by atoms with Crippen molar-refractivity contribution in [3.05, 3.63) is 35.4 Å². The summed E-state index contributed by atoms with van der Waals surface area (Å²) >= 11 is 0. The van der Waals surface area contributed by atoms with Crippen LogP contribution in [0.5, 0.6) is 0 Å². The van der Waals surface area contributed by atoms with Crippen LogP contribution in [0.25, 0.3) is 0 Å². The first kappa shape index (κ1) is 24.3. The van der Waals surface area contributed by atoms with Crippen LogP contribution in [0.1, 0.15) is 58.6 Å². The zero-order valence-corrected chi connectivity index (χ0v) is 19.5. The summed E-state index contributed by atoms with van der Waals surface area (Å²) in [4.78, 5) is 26.9. The van der Waals surface area contributed by atoms with Gasteiger partial charge in [0.25, 0.3) is 0 Å². The van der Waals surface area contributed by atoms with Crippen molar-refractivity contribution in [2.45, 2.75) is 65.8 Å². The molecule has 168 valence electrons. The Kier molecular flexibility index (Phi) is 8.05. The van der Waals surface area contributed by atoms with Crippen molar-refractivity contribution in [2.75, 3.05) is 13.1 Å². The number of hydrogen-bond acceptors (Lipinski definition) is 4. The molecule has 1 aromatic carbocycles. The van der Waals surface area contributed by atoms with E-state index < -0.39 is 15.4 Å². The average molecular weight is 438 g/mol. The molecule has 2 rings (SSSR count). The quantitative estimate of drug-likeness (QED) is 0.685. The van der Waals surface area contributed by atoms with Crippen LogP contribution >= 0.6 is 0 Å². The van der Waals surface area contributed by atoms with E-state index in [1.165, 1.54) is 0 Å². The summed E-state index contributed by atoms with van der Waals surface area (Å²) in [5.41, 5.74) is 1.15. The fraction of sp³-hybridized carbons (Fsp3) is 0.636. The van der Waals surface area contributed by atoms with E-state index in [0.717, 1.165) is 18.4 Å². The Morgan fingerprint density at radius 2 is 1.73 bits per heavy atom. The van der Waals surface area contributed by atoms with E-state index >= 15 is 0 Å². The summed E-state index contributed by atoms with van der Waals surface area (Å²) in [5.74, 6) is -0.236. The molecule has 1 atom stereocenters. The molecule has 0 spiro atoms. The van der Waals surface area contributed by atoms with E-state index in [-0.39, 0.29) is 29.5 Å². The van der Waals surface area contributed by atoms with E-state index in [2.05, 4.69) is 10.0 Å². The second-order valence-corrected chi connectivity index (χ2v) is 11.2. The Labute approximate surface area is 180 Å². The predicted molar refractivity (Wildman–Crippen MR) is 118 cm³/mol. The summed E-state index contributed by atoms with van der Waals surface area (Å²) in [6.07, 6.45) is 1.60. The van der Waals surface area contributed by atoms with Crippen molar-refractivity contribution in [3.8, 4) is 0 Å². The number of benzene rings is 1. The molecule has 0 aromatic heterocycles. The van der Waals surface area contributed by atoms with Gasteiger partial charge in [0, 0.05) is 31.1 Å². The number of piperidine rings is 1. The second kappa shape index (κ2) is 9.92. The van der Waals surface area contributed by atoms with Crippen LogP contribution in [0, 0.1) is 11.3 Å². The Morgan fingerprint density at radius 1 is 1.13 bits per heavy atom. The molecule has 2 amide bonds. The van der Waals surface area contributed by atoms with Gasteiger partial charge in [0.15, 0.2) is 0 Å². The molecule has 7 nitrogen and oxygen atoms in total. The lowest BCUT2D eigenvalue weighted by molar-refractivity contribution is -0.142. The molecule has 1 unspecified atom stereocenters. The van der Waals surface area contributed by atoms with Gasteiger partial charge in [-0.2, -0.15) is 0 Å². The lowest BCUT2D eigenvalue weighted by Crippen LogP contribution is -2.48. The minimum Gasteiger partial charge on any atom is -0.352 e. The van der Waals surface area contributed by atoms with Gasteiger partial charge in [0.05, 0.1) is 11.7 Å². The summed E-state index contributed by atoms with van der Waals surface area (Å²) in [6, 6.07) is 7.06. The maximum Gasteiger partial charge on any atom is 0.227 e. The molecule has 30 heavy (non-hydrogen) atoms. The van der Waals surface area contributed by atoms with Crippen LogP contribution in [0.4, 0.5) is 0 Å². The predicted octanol–water partition coefficient (Wildman–Crippen LogP) is 2.42. The molecule has 2 N–H and O–H groups in total. The van der Waals surface area contributed by atoms with Crippen LogP contribution in [0.15, 0.2) is 24.3 Å². The first-order valence-corrected chi connectivity index (χ1v) is 12.2. The maximum atomic E-state index is 12.6. The Bertz CT molecular complexity index is 842. The summed E-state index contributed by atoms with van der Waals surface area (Å²) in [5, 5.41) is 2.95. The number of carbonyl (C=O) groups excluding carboxylic acids is 2. The second-order valence-electron chi connectivity index (χ2n) is 9.41. The number of carbonyl (C=O) groups is 2. The molecule has 1 heterocycles. The summed E-state index contributed by atoms with van der Waals surface area (Å²) < 4.78 is 26.6. The van der Waals surface area contributed by atoms with E-state index in [1.54, 1.807) is 30.9 Å². The first-order chi connectivity index (χ1) is 13.9. The lowest BCUT2D eigenvalue weighted by atomic mass is 9.91. The van der Waals surface area contributed by atoms with Gasteiger partial charge in [-0.3, -0.25) is 9.59 Å². The van der Waals surface area contributed by atoms with Crippen LogP contribution in [0.3, 0.4) is 0 Å². The lowest BCUT2D eigenvalue weighted by Gasteiger charge is -2.35. The number of likely N-dealkylation sites (tertiary alicyclic amines) is 1. The smallest absolute Gasteiger partial charge is 0.227 e. The number of hydrogen-bond donors (Lipinski definition) is 2. The molecule has 0 bridgehead atoms. The Morgan fingerprint density at radius 3 is 2.30 bits per heavy atom. The van der Waals surface area contributed by atoms with Gasteiger partial charge in [0.2, 0.25) is 21.8 Å². The number of nitrogens with one attached hydrogen (secondary N) is 2. The van der Waals surface area contributed by atoms with Crippen molar-refractivity contribution in [2.24, 2.45) is 11.3 Å². The first-order valence-electron chi connectivity index (χ1n) is 10.5. The van der Waals surface area contributed by atoms with E-state index in [4.69, 9.17) is 0 Å². The largest absolute Gasteiger partial charge is 0.352 e. The van der Waals surface area contributed by atoms with Crippen molar-refractivity contribution in [3.63, 3.8) is 0 Å². The number of rotatable bonds is 7. The van der Waals surface area contributed by atoms with Gasteiger partial charge < -0.3 is 10.2 Å². The molecule has 1 aliphatic heterocycles. The third-order valence-electron chi connectivity index (χ3n) is 4.98. The molecule has 0 saturated carbocycles. The molecular formula is C22H35N3O4S. The van der Waals surface area contributed by atoms with Crippen LogP contribution < -0.4 is 10.0 Å². The molecule has 1 aliphatic rings. The minimum atomic E-state index is -3.36. The molecular weight excluding hydrogens is 402 g/mol. The maximum absolute atomic E-state index is 12.6. The zero-order valence-electron chi connectivity index (χ0n) is 18.7. The zero-order chi connectivity index (χ0) is 22.5. The fourth-order valence-corrected chi connectivity index (χ4v) is 4.99. The Balaban J connectivity index is 1.88. The molecule has 1 aromatic rings. The van der Waals surface area contributed by atoms with Crippen molar-refractivity contribution < 1.29 is 18.0 Å². The highest BCUT2D eigenvalue weighted by molar-refractivity contribution is 7.88. The van der Waals surface area contributed by atoms with Gasteiger partial charge in [-0.15, -0.1) is 0 Å². The third kappa shape index (κ3) is 7.40. The van der Waals surface area contributed by atoms with Gasteiger partial charge in [-0.25, -0.2) is 13.1 Å². The highest BCUT2D eigenvalue weighted by Gasteiger charge is 2.33. The molecule has 0 radical (unpaired) electrons. The molecule has 8 heteroatoms. The number of nitrogens with zero attached hydrogens (tertiary/aromatic N) is 1. The van der Waals surface area contributed by atoms with Gasteiger partial charge >= 0.3 is 0 Å². The van der Waals surface area contributed by atoms with Crippen LogP contribution in [0.2, 0.25) is 0 Å². The fourth-order valence-electron chi connectivity index (χ4n) is 3.56. The molecule has 0 aliphatic carbocycles. The summed E-state index contributed by atoms with van der Waals surface area (Å²) in [6.45, 7) is 10.8. The van der Waals surface area contributed by atoms with Crippen molar-refractivity contribution in [1.29, 1.82) is 0 Å². The van der Waals surface area contributed by atoms with Gasteiger partial charge in [0.1, 0.15) is 0 Å². The third-order valence-corrected chi connectivity index (χ3v) is 6.53. The van der Waals surface area contributed by atoms with E-state index in [1.807, 2.05) is 32.9 Å². The van der Waals surface area contributed by atoms with Crippen LogP contribution in [-0.4, -0.2) is 44.3 Å². The topological polar surface area (TPSA) is 95.6 Å². The number of sulfonamides is 1. The highest BCUT2D eigenvalue weighted by atomic mass is 32.2. The van der Waals surface area contributed by atoms with E-state index in [9.17, 15) is 18.0 Å². The molecule has 1 fully saturated rings. The summed E-state index contributed by atoms with van der Waals surface area (Å²) in [7, 11) is -3.36. The van der Waals surface area contributed by atoms with Crippen LogP contribution in [-0.2, 0) is 31.9 Å². The number of amides is 2. The van der Waals surface area contributed by atoms with Crippen molar-refractivity contribution >= 4 is 21.8 Å². The Hall–Kier alpha value is -1.93. The van der Waals surface area contributed by atoms with Crippen molar-refractivity contribution in [1.82, 2.24) is 14.9 Å². The van der Waals surface area contributed by atoms with E-state index in [0.29, 0.717) is 25.2 Å². The average Bonchev–Trinajstić information content (AvgIpc) is 2.64. The minimum absolute atomic E-state index is 0.0470. The highest BCUT2D eigenvalue weighted by Crippen LogP contribution is 2.23.